The number of hydrogen-bond donors (Lipinski definition) is 3. The lowest BCUT2D eigenvalue weighted by molar-refractivity contribution is 0.386. The molecule has 0 saturated heterocycles. The van der Waals surface area contributed by atoms with E-state index < -0.39 is 0 Å². The van der Waals surface area contributed by atoms with Crippen LogP contribution in [0.1, 0.15) is 37.5 Å². The maximum absolute atomic E-state index is 10.5. The number of H-pyrrole nitrogens is 1. The lowest BCUT2D eigenvalue weighted by Crippen LogP contribution is -2.14. The molecule has 0 spiro atoms. The summed E-state index contributed by atoms with van der Waals surface area (Å²) >= 11 is 11.5. The second-order valence-electron chi connectivity index (χ2n) is 7.87. The van der Waals surface area contributed by atoms with E-state index in [1.807, 2.05) is 6.07 Å². The molecule has 2 aromatic carbocycles. The van der Waals surface area contributed by atoms with Gasteiger partial charge >= 0.3 is 0 Å². The van der Waals surface area contributed by atoms with E-state index in [0.717, 1.165) is 16.7 Å². The van der Waals surface area contributed by atoms with Gasteiger partial charge in [-0.1, -0.05) is 50.7 Å². The van der Waals surface area contributed by atoms with Gasteiger partial charge in [0.2, 0.25) is 5.88 Å². The van der Waals surface area contributed by atoms with E-state index in [9.17, 15) is 10.2 Å². The molecular weight excluding hydrogens is 396 g/mol. The summed E-state index contributed by atoms with van der Waals surface area (Å²) in [4.78, 5) is 7.50. The highest BCUT2D eigenvalue weighted by Crippen LogP contribution is 2.44. The normalized spacial score (nSPS) is 12.9. The van der Waals surface area contributed by atoms with Gasteiger partial charge in [-0.15, -0.1) is 0 Å². The van der Waals surface area contributed by atoms with Crippen LogP contribution in [0.2, 0.25) is 5.02 Å². The van der Waals surface area contributed by atoms with Gasteiger partial charge in [0.15, 0.2) is 11.5 Å². The first kappa shape index (κ1) is 18.8. The molecule has 0 saturated carbocycles. The molecule has 0 aliphatic carbocycles. The van der Waals surface area contributed by atoms with Crippen molar-refractivity contribution in [3.63, 3.8) is 0 Å². The van der Waals surface area contributed by atoms with Gasteiger partial charge in [0.05, 0.1) is 11.1 Å². The fraction of sp³-hybridized carbons (Fsp3) is 0.238. The van der Waals surface area contributed by atoms with Crippen LogP contribution in [0.3, 0.4) is 0 Å². The number of aromatic hydroxyl groups is 2. The van der Waals surface area contributed by atoms with Gasteiger partial charge in [-0.05, 0) is 35.2 Å². The van der Waals surface area contributed by atoms with Crippen LogP contribution in [0, 0.1) is 4.64 Å². The topological polar surface area (TPSA) is 78.4 Å². The SMILES string of the molecule is CC(C)(C)c1cc(O)c2c(c1)Cc1c([nH]c(-c3cc(Cl)ccc3O)nc1=S)O2. The third-order valence-corrected chi connectivity index (χ3v) is 5.35. The lowest BCUT2D eigenvalue weighted by Gasteiger charge is -2.25. The van der Waals surface area contributed by atoms with Crippen LogP contribution < -0.4 is 4.74 Å². The molecule has 2 heterocycles. The van der Waals surface area contributed by atoms with Crippen molar-refractivity contribution in [1.29, 1.82) is 0 Å². The molecule has 0 bridgehead atoms. The van der Waals surface area contributed by atoms with E-state index in [4.69, 9.17) is 28.6 Å². The van der Waals surface area contributed by atoms with Gasteiger partial charge in [0.1, 0.15) is 16.2 Å². The third kappa shape index (κ3) is 3.23. The average Bonchev–Trinajstić information content (AvgIpc) is 2.62. The summed E-state index contributed by atoms with van der Waals surface area (Å²) < 4.78 is 6.33. The number of nitrogens with one attached hydrogen (secondary N) is 1. The van der Waals surface area contributed by atoms with Crippen LogP contribution in [-0.2, 0) is 11.8 Å². The van der Waals surface area contributed by atoms with Gasteiger partial charge in [-0.3, -0.25) is 0 Å². The molecule has 0 radical (unpaired) electrons. The molecule has 4 rings (SSSR count). The Hall–Kier alpha value is -2.57. The quantitative estimate of drug-likeness (QED) is 0.340. The van der Waals surface area contributed by atoms with E-state index in [0.29, 0.717) is 39.1 Å². The van der Waals surface area contributed by atoms with Crippen LogP contribution in [0.15, 0.2) is 30.3 Å². The molecule has 144 valence electrons. The molecule has 1 aromatic heterocycles. The first-order valence-electron chi connectivity index (χ1n) is 8.80. The van der Waals surface area contributed by atoms with E-state index in [2.05, 4.69) is 30.7 Å². The van der Waals surface area contributed by atoms with Gasteiger partial charge in [0, 0.05) is 17.0 Å². The van der Waals surface area contributed by atoms with Crippen molar-refractivity contribution < 1.29 is 14.9 Å². The number of ether oxygens (including phenoxy) is 1. The van der Waals surface area contributed by atoms with Gasteiger partial charge in [-0.2, -0.15) is 0 Å². The van der Waals surface area contributed by atoms with Crippen molar-refractivity contribution in [3.05, 3.63) is 56.7 Å². The monoisotopic (exact) mass is 414 g/mol. The molecule has 1 aliphatic rings. The van der Waals surface area contributed by atoms with Crippen molar-refractivity contribution in [2.45, 2.75) is 32.6 Å². The Kier molecular flexibility index (Phi) is 4.36. The molecule has 3 N–H and O–H groups in total. The minimum absolute atomic E-state index is 0.0244. The highest BCUT2D eigenvalue weighted by molar-refractivity contribution is 7.71. The molecule has 0 unspecified atom stereocenters. The summed E-state index contributed by atoms with van der Waals surface area (Å²) in [5.41, 5.74) is 2.92. The first-order valence-corrected chi connectivity index (χ1v) is 9.58. The van der Waals surface area contributed by atoms with Crippen LogP contribution >= 0.6 is 23.8 Å². The zero-order chi connectivity index (χ0) is 20.2. The highest BCUT2D eigenvalue weighted by Gasteiger charge is 2.26. The molecule has 3 aromatic rings. The van der Waals surface area contributed by atoms with Gasteiger partial charge in [-0.25, -0.2) is 4.98 Å². The number of fused-ring (bicyclic) bond motifs is 2. The van der Waals surface area contributed by atoms with Crippen molar-refractivity contribution in [2.24, 2.45) is 0 Å². The number of phenolic OH excluding ortho intramolecular Hbond substituents is 2. The summed E-state index contributed by atoms with van der Waals surface area (Å²) in [5, 5.41) is 21.1. The molecule has 1 aliphatic heterocycles. The van der Waals surface area contributed by atoms with Crippen LogP contribution in [0.25, 0.3) is 11.4 Å². The second-order valence-corrected chi connectivity index (χ2v) is 8.70. The van der Waals surface area contributed by atoms with Crippen LogP contribution in [0.5, 0.6) is 23.1 Å². The zero-order valence-corrected chi connectivity index (χ0v) is 17.2. The Labute approximate surface area is 172 Å². The number of aromatic amines is 1. The summed E-state index contributed by atoms with van der Waals surface area (Å²) in [6.45, 7) is 6.26. The Bertz CT molecular complexity index is 1170. The molecule has 28 heavy (non-hydrogen) atoms. The number of nitrogens with zero attached hydrogens (tertiary/aromatic N) is 1. The van der Waals surface area contributed by atoms with Crippen LogP contribution in [-0.4, -0.2) is 20.2 Å². The van der Waals surface area contributed by atoms with E-state index in [1.165, 1.54) is 6.07 Å². The maximum Gasteiger partial charge on any atom is 0.205 e. The summed E-state index contributed by atoms with van der Waals surface area (Å²) in [6, 6.07) is 8.43. The molecule has 0 fully saturated rings. The largest absolute Gasteiger partial charge is 0.507 e. The number of hydrogen-bond acceptors (Lipinski definition) is 5. The Balaban J connectivity index is 1.83. The number of phenols is 2. The second kappa shape index (κ2) is 6.50. The third-order valence-electron chi connectivity index (χ3n) is 4.77. The fourth-order valence-corrected chi connectivity index (χ4v) is 3.62. The zero-order valence-electron chi connectivity index (χ0n) is 15.6. The maximum atomic E-state index is 10.5. The van der Waals surface area contributed by atoms with Crippen molar-refractivity contribution >= 4 is 23.8 Å². The molecular formula is C21H19ClN2O3S. The minimum Gasteiger partial charge on any atom is -0.507 e. The summed E-state index contributed by atoms with van der Waals surface area (Å²) in [5.74, 6) is 1.25. The molecule has 0 atom stereocenters. The molecule has 0 amide bonds. The summed E-state index contributed by atoms with van der Waals surface area (Å²) in [7, 11) is 0. The van der Waals surface area contributed by atoms with Gasteiger partial charge < -0.3 is 19.9 Å². The molecule has 5 nitrogen and oxygen atoms in total. The van der Waals surface area contributed by atoms with Crippen molar-refractivity contribution in [2.75, 3.05) is 0 Å². The van der Waals surface area contributed by atoms with Crippen molar-refractivity contribution in [3.8, 4) is 34.5 Å². The predicted octanol–water partition coefficient (Wildman–Crippen LogP) is 5.86. The Morgan fingerprint density at radius 3 is 2.61 bits per heavy atom. The Morgan fingerprint density at radius 1 is 1.14 bits per heavy atom. The number of benzene rings is 2. The molecule has 7 heteroatoms. The number of rotatable bonds is 1. The minimum atomic E-state index is -0.109. The van der Waals surface area contributed by atoms with Crippen LogP contribution in [0.4, 0.5) is 0 Å². The Morgan fingerprint density at radius 2 is 1.89 bits per heavy atom. The van der Waals surface area contributed by atoms with E-state index in [1.54, 1.807) is 18.2 Å². The average molecular weight is 415 g/mol. The van der Waals surface area contributed by atoms with E-state index >= 15 is 0 Å². The smallest absolute Gasteiger partial charge is 0.205 e. The van der Waals surface area contributed by atoms with E-state index in [-0.39, 0.29) is 16.9 Å². The summed E-state index contributed by atoms with van der Waals surface area (Å²) in [6.07, 6.45) is 0.492. The van der Waals surface area contributed by atoms with Gasteiger partial charge in [0.25, 0.3) is 0 Å². The first-order chi connectivity index (χ1) is 13.1. The fourth-order valence-electron chi connectivity index (χ4n) is 3.19. The standard InChI is InChI=1S/C21H19ClN2O3S/c1-21(2,3)11-6-10-7-14-19(27-17(10)16(26)8-11)23-18(24-20(14)28)13-9-12(22)4-5-15(13)25/h4-6,8-9,25-26H,7H2,1-3H3,(H,23,24,28). The number of aromatic nitrogens is 2. The predicted molar refractivity (Wildman–Crippen MR) is 111 cm³/mol. The van der Waals surface area contributed by atoms with Crippen molar-refractivity contribution in [1.82, 2.24) is 9.97 Å². The highest BCUT2D eigenvalue weighted by atomic mass is 35.5. The lowest BCUT2D eigenvalue weighted by atomic mass is 9.85. The number of halogens is 1.